The Bertz CT molecular complexity index is 828. The van der Waals surface area contributed by atoms with E-state index in [0.29, 0.717) is 51.0 Å². The summed E-state index contributed by atoms with van der Waals surface area (Å²) in [4.78, 5) is 6.70. The van der Waals surface area contributed by atoms with Crippen molar-refractivity contribution in [2.45, 2.75) is 26.8 Å². The monoisotopic (exact) mass is 393 g/mol. The minimum Gasteiger partial charge on any atom is -0.337 e. The Morgan fingerprint density at radius 3 is 2.33 bits per heavy atom. The maximum atomic E-state index is 12.6. The normalized spacial score (nSPS) is 18.1. The fourth-order valence-corrected chi connectivity index (χ4v) is 4.90. The van der Waals surface area contributed by atoms with Crippen molar-refractivity contribution in [3.05, 3.63) is 36.2 Å². The van der Waals surface area contributed by atoms with E-state index in [0.717, 1.165) is 5.56 Å². The first-order valence-electron chi connectivity index (χ1n) is 9.35. The fourth-order valence-electron chi connectivity index (χ4n) is 3.30. The molecule has 0 N–H and O–H groups in total. The largest absolute Gasteiger partial charge is 0.337 e. The van der Waals surface area contributed by atoms with Crippen LogP contribution in [0, 0.1) is 0 Å². The van der Waals surface area contributed by atoms with Gasteiger partial charge < -0.3 is 4.52 Å². The van der Waals surface area contributed by atoms with E-state index < -0.39 is 10.2 Å². The summed E-state index contributed by atoms with van der Waals surface area (Å²) in [6, 6.07) is 9.63. The third-order valence-corrected chi connectivity index (χ3v) is 7.20. The number of hydrogen-bond donors (Lipinski definition) is 0. The average Bonchev–Trinajstić information content (AvgIpc) is 3.19. The maximum Gasteiger partial charge on any atom is 0.282 e. The molecule has 0 radical (unpaired) electrons. The zero-order valence-electron chi connectivity index (χ0n) is 16.1. The van der Waals surface area contributed by atoms with Gasteiger partial charge in [-0.05, 0) is 6.92 Å². The fraction of sp³-hybridized carbons (Fsp3) is 0.556. The molecule has 1 aliphatic rings. The van der Waals surface area contributed by atoms with Crippen LogP contribution in [0.25, 0.3) is 11.4 Å². The number of piperazine rings is 1. The molecule has 0 unspecified atom stereocenters. The van der Waals surface area contributed by atoms with Crippen LogP contribution in [0.4, 0.5) is 0 Å². The lowest BCUT2D eigenvalue weighted by atomic mass is 10.2. The molecule has 1 saturated heterocycles. The second-order valence-corrected chi connectivity index (χ2v) is 8.45. The summed E-state index contributed by atoms with van der Waals surface area (Å²) in [5, 5.41) is 4.08. The molecule has 0 spiro atoms. The predicted molar refractivity (Wildman–Crippen MR) is 103 cm³/mol. The second kappa shape index (κ2) is 8.47. The van der Waals surface area contributed by atoms with Gasteiger partial charge in [0.25, 0.3) is 10.2 Å². The first-order valence-corrected chi connectivity index (χ1v) is 10.7. The Kier molecular flexibility index (Phi) is 6.25. The molecule has 0 amide bonds. The van der Waals surface area contributed by atoms with Crippen LogP contribution < -0.4 is 0 Å². The van der Waals surface area contributed by atoms with E-state index in [1.54, 1.807) is 4.31 Å². The highest BCUT2D eigenvalue weighted by Crippen LogP contribution is 2.24. The van der Waals surface area contributed by atoms with Crippen molar-refractivity contribution in [2.24, 2.45) is 0 Å². The van der Waals surface area contributed by atoms with Crippen molar-refractivity contribution < 1.29 is 12.9 Å². The smallest absolute Gasteiger partial charge is 0.282 e. The van der Waals surface area contributed by atoms with Gasteiger partial charge in [0.1, 0.15) is 0 Å². The van der Waals surface area contributed by atoms with Crippen molar-refractivity contribution in [1.29, 1.82) is 0 Å². The van der Waals surface area contributed by atoms with Gasteiger partial charge in [-0.1, -0.05) is 49.3 Å². The zero-order valence-corrected chi connectivity index (χ0v) is 16.9. The molecule has 9 heteroatoms. The van der Waals surface area contributed by atoms with E-state index in [-0.39, 0.29) is 6.04 Å². The number of hydrogen-bond acceptors (Lipinski definition) is 6. The number of nitrogens with zero attached hydrogens (tertiary/aromatic N) is 5. The summed E-state index contributed by atoms with van der Waals surface area (Å²) in [6.07, 6.45) is 0. The van der Waals surface area contributed by atoms with Gasteiger partial charge in [-0.25, -0.2) is 0 Å². The lowest BCUT2D eigenvalue weighted by Crippen LogP contribution is -2.53. The highest BCUT2D eigenvalue weighted by Gasteiger charge is 2.33. The third kappa shape index (κ3) is 4.21. The molecule has 2 heterocycles. The molecule has 0 saturated carbocycles. The minimum atomic E-state index is -3.38. The number of rotatable bonds is 7. The van der Waals surface area contributed by atoms with Crippen LogP contribution in [0.2, 0.25) is 0 Å². The summed E-state index contributed by atoms with van der Waals surface area (Å²) in [7, 11) is -3.38. The van der Waals surface area contributed by atoms with Gasteiger partial charge in [0, 0.05) is 44.8 Å². The third-order valence-electron chi connectivity index (χ3n) is 5.01. The van der Waals surface area contributed by atoms with Crippen molar-refractivity contribution >= 4 is 10.2 Å². The van der Waals surface area contributed by atoms with E-state index in [4.69, 9.17) is 4.52 Å². The zero-order chi connectivity index (χ0) is 19.4. The second-order valence-electron chi connectivity index (χ2n) is 6.53. The molecule has 1 aromatic carbocycles. The van der Waals surface area contributed by atoms with Gasteiger partial charge in [-0.15, -0.1) is 0 Å². The van der Waals surface area contributed by atoms with E-state index in [1.807, 2.05) is 51.1 Å². The molecule has 1 aliphatic heterocycles. The van der Waals surface area contributed by atoms with Crippen LogP contribution in [0.5, 0.6) is 0 Å². The SMILES string of the molecule is CCN(CC)S(=O)(=O)N1CCN([C@H](C)c2nc(-c3ccccc3)no2)CC1. The summed E-state index contributed by atoms with van der Waals surface area (Å²) >= 11 is 0. The average molecular weight is 394 g/mol. The molecular formula is C18H27N5O3S. The van der Waals surface area contributed by atoms with Gasteiger partial charge in [-0.2, -0.15) is 22.0 Å². The Hall–Kier alpha value is -1.81. The predicted octanol–water partition coefficient (Wildman–Crippen LogP) is 2.00. The molecule has 8 nitrogen and oxygen atoms in total. The molecule has 1 aromatic heterocycles. The topological polar surface area (TPSA) is 82.8 Å². The van der Waals surface area contributed by atoms with Crippen LogP contribution in [0.3, 0.4) is 0 Å². The molecule has 148 valence electrons. The molecule has 3 rings (SSSR count). The minimum absolute atomic E-state index is 0.0618. The highest BCUT2D eigenvalue weighted by molar-refractivity contribution is 7.86. The molecular weight excluding hydrogens is 366 g/mol. The Labute approximate surface area is 160 Å². The first kappa shape index (κ1) is 19.9. The Morgan fingerprint density at radius 2 is 1.74 bits per heavy atom. The Balaban J connectivity index is 1.64. The first-order chi connectivity index (χ1) is 13.0. The number of aromatic nitrogens is 2. The summed E-state index contributed by atoms with van der Waals surface area (Å²) < 4.78 is 33.8. The van der Waals surface area contributed by atoms with Crippen LogP contribution in [0.1, 0.15) is 32.7 Å². The van der Waals surface area contributed by atoms with Gasteiger partial charge in [0.05, 0.1) is 6.04 Å². The van der Waals surface area contributed by atoms with Crippen LogP contribution in [-0.2, 0) is 10.2 Å². The molecule has 1 fully saturated rings. The molecule has 0 bridgehead atoms. The maximum absolute atomic E-state index is 12.6. The van der Waals surface area contributed by atoms with E-state index in [1.165, 1.54) is 4.31 Å². The lowest BCUT2D eigenvalue weighted by Gasteiger charge is -2.37. The van der Waals surface area contributed by atoms with Gasteiger partial charge in [0.15, 0.2) is 0 Å². The standard InChI is InChI=1S/C18H27N5O3S/c1-4-22(5-2)27(24,25)23-13-11-21(12-14-23)15(3)18-19-17(20-26-18)16-9-7-6-8-10-16/h6-10,15H,4-5,11-14H2,1-3H3/t15-/m1/s1. The molecule has 1 atom stereocenters. The van der Waals surface area contributed by atoms with Crippen molar-refractivity contribution in [3.63, 3.8) is 0 Å². The van der Waals surface area contributed by atoms with Crippen LogP contribution in [0.15, 0.2) is 34.9 Å². The van der Waals surface area contributed by atoms with Crippen molar-refractivity contribution in [2.75, 3.05) is 39.3 Å². The van der Waals surface area contributed by atoms with Crippen molar-refractivity contribution in [1.82, 2.24) is 23.7 Å². The lowest BCUT2D eigenvalue weighted by molar-refractivity contribution is 0.121. The van der Waals surface area contributed by atoms with Gasteiger partial charge in [0.2, 0.25) is 11.7 Å². The number of benzene rings is 1. The van der Waals surface area contributed by atoms with E-state index in [9.17, 15) is 8.42 Å². The highest BCUT2D eigenvalue weighted by atomic mass is 32.2. The summed E-state index contributed by atoms with van der Waals surface area (Å²) in [5.74, 6) is 1.12. The summed E-state index contributed by atoms with van der Waals surface area (Å²) in [6.45, 7) is 8.88. The van der Waals surface area contributed by atoms with Crippen molar-refractivity contribution in [3.8, 4) is 11.4 Å². The van der Waals surface area contributed by atoms with Gasteiger partial charge >= 0.3 is 0 Å². The molecule has 2 aromatic rings. The quantitative estimate of drug-likeness (QED) is 0.716. The van der Waals surface area contributed by atoms with E-state index in [2.05, 4.69) is 15.0 Å². The summed E-state index contributed by atoms with van der Waals surface area (Å²) in [5.41, 5.74) is 0.912. The molecule has 0 aliphatic carbocycles. The molecule has 27 heavy (non-hydrogen) atoms. The van der Waals surface area contributed by atoms with Crippen LogP contribution >= 0.6 is 0 Å². The van der Waals surface area contributed by atoms with E-state index >= 15 is 0 Å². The van der Waals surface area contributed by atoms with Crippen LogP contribution in [-0.4, -0.2) is 71.3 Å². The Morgan fingerprint density at radius 1 is 1.11 bits per heavy atom. The van der Waals surface area contributed by atoms with Gasteiger partial charge in [-0.3, -0.25) is 4.90 Å².